The summed E-state index contributed by atoms with van der Waals surface area (Å²) in [4.78, 5) is 22.4. The molecule has 1 unspecified atom stereocenters. The molecule has 9 nitrogen and oxygen atoms in total. The van der Waals surface area contributed by atoms with Gasteiger partial charge in [0.15, 0.2) is 5.60 Å². The normalized spacial score (nSPS) is 13.8. The Labute approximate surface area is 211 Å². The van der Waals surface area contributed by atoms with Crippen molar-refractivity contribution in [1.82, 2.24) is 15.2 Å². The predicted octanol–water partition coefficient (Wildman–Crippen LogP) is 4.46. The van der Waals surface area contributed by atoms with Gasteiger partial charge in [0.1, 0.15) is 5.60 Å². The average molecular weight is 523 g/mol. The number of carbonyl (C=O) groups is 1. The molecule has 0 bridgehead atoms. The van der Waals surface area contributed by atoms with Gasteiger partial charge in [0.25, 0.3) is 5.69 Å². The van der Waals surface area contributed by atoms with Crippen molar-refractivity contribution in [3.05, 3.63) is 76.0 Å². The van der Waals surface area contributed by atoms with E-state index < -0.39 is 40.5 Å². The molecule has 12 heteroatoms. The lowest BCUT2D eigenvalue weighted by atomic mass is 9.92. The van der Waals surface area contributed by atoms with Crippen LogP contribution in [0.25, 0.3) is 10.9 Å². The van der Waals surface area contributed by atoms with E-state index in [4.69, 9.17) is 4.74 Å². The number of aromatic nitrogens is 1. The second kappa shape index (κ2) is 10.8. The minimum Gasteiger partial charge on any atom is -0.444 e. The van der Waals surface area contributed by atoms with Crippen LogP contribution in [-0.2, 0) is 16.9 Å². The number of non-ortho nitro benzene ring substituents is 1. The van der Waals surface area contributed by atoms with Gasteiger partial charge >= 0.3 is 12.3 Å². The number of hydrogen-bond donors (Lipinski definition) is 3. The number of ether oxygens (including phenoxy) is 1. The molecular weight excluding hydrogens is 493 g/mol. The van der Waals surface area contributed by atoms with Crippen molar-refractivity contribution >= 4 is 22.7 Å². The van der Waals surface area contributed by atoms with Gasteiger partial charge in [-0.3, -0.25) is 10.1 Å². The monoisotopic (exact) mass is 522 g/mol. The fourth-order valence-corrected chi connectivity index (χ4v) is 3.82. The number of alkyl halides is 3. The lowest BCUT2D eigenvalue weighted by Crippen LogP contribution is -2.50. The maximum absolute atomic E-state index is 14.3. The maximum atomic E-state index is 14.3. The molecule has 0 saturated heterocycles. The third-order valence-electron chi connectivity index (χ3n) is 5.54. The number of nitro groups is 1. The molecule has 1 heterocycles. The third-order valence-corrected chi connectivity index (χ3v) is 5.54. The number of aliphatic hydroxyl groups is 1. The smallest absolute Gasteiger partial charge is 0.422 e. The van der Waals surface area contributed by atoms with E-state index in [0.29, 0.717) is 0 Å². The van der Waals surface area contributed by atoms with Crippen LogP contribution in [0.3, 0.4) is 0 Å². The highest BCUT2D eigenvalue weighted by Gasteiger charge is 2.56. The minimum absolute atomic E-state index is 0.0369. The number of carbonyl (C=O) groups excluding carboxylic acids is 1. The van der Waals surface area contributed by atoms with Crippen molar-refractivity contribution in [2.24, 2.45) is 0 Å². The third kappa shape index (κ3) is 6.77. The van der Waals surface area contributed by atoms with Crippen LogP contribution in [0.15, 0.2) is 54.7 Å². The highest BCUT2D eigenvalue weighted by Crippen LogP contribution is 2.43. The Hall–Kier alpha value is -3.64. The molecule has 0 aliphatic carbocycles. The van der Waals surface area contributed by atoms with Gasteiger partial charge in [0.05, 0.1) is 10.4 Å². The summed E-state index contributed by atoms with van der Waals surface area (Å²) in [5.74, 6) is 0. The second-order valence-electron chi connectivity index (χ2n) is 9.58. The van der Waals surface area contributed by atoms with Gasteiger partial charge in [0, 0.05) is 55.5 Å². The van der Waals surface area contributed by atoms with Crippen LogP contribution in [0.4, 0.5) is 23.7 Å². The zero-order valence-electron chi connectivity index (χ0n) is 20.6. The lowest BCUT2D eigenvalue weighted by molar-refractivity contribution is -0.384. The molecule has 0 aliphatic rings. The van der Waals surface area contributed by atoms with E-state index in [-0.39, 0.29) is 36.2 Å². The van der Waals surface area contributed by atoms with Crippen molar-refractivity contribution in [3.8, 4) is 0 Å². The molecule has 3 aromatic rings. The van der Waals surface area contributed by atoms with Gasteiger partial charge in [-0.25, -0.2) is 4.79 Å². The van der Waals surface area contributed by atoms with E-state index in [1.54, 1.807) is 51.1 Å². The summed E-state index contributed by atoms with van der Waals surface area (Å²) in [5.41, 5.74) is -3.81. The number of nitrogens with one attached hydrogen (secondary N) is 2. The largest absolute Gasteiger partial charge is 0.444 e. The van der Waals surface area contributed by atoms with Crippen molar-refractivity contribution < 1.29 is 32.7 Å². The van der Waals surface area contributed by atoms with Crippen molar-refractivity contribution in [1.29, 1.82) is 0 Å². The first kappa shape index (κ1) is 27.9. The minimum atomic E-state index is -5.08. The number of rotatable bonds is 9. The van der Waals surface area contributed by atoms with E-state index in [1.807, 2.05) is 0 Å². The summed E-state index contributed by atoms with van der Waals surface area (Å²) in [5, 5.41) is 27.3. The molecule has 3 N–H and O–H groups in total. The molecule has 37 heavy (non-hydrogen) atoms. The van der Waals surface area contributed by atoms with Crippen LogP contribution in [0, 0.1) is 10.1 Å². The van der Waals surface area contributed by atoms with Crippen LogP contribution in [0.1, 0.15) is 31.9 Å². The molecule has 0 fully saturated rings. The topological polar surface area (TPSA) is 119 Å². The van der Waals surface area contributed by atoms with E-state index in [0.717, 1.165) is 11.6 Å². The van der Waals surface area contributed by atoms with E-state index in [1.165, 1.54) is 22.9 Å². The standard InChI is InChI=1S/C25H29F3N4O5/c1-23(2,3)37-22(33)30-12-11-29-16-24(34,25(26,27)28)20-15-31(14-17-7-5-4-6-8-17)21-13-18(32(35)36)9-10-19(20)21/h4-10,13,15,29,34H,11-12,14,16H2,1-3H3,(H,30,33). The molecule has 1 amide bonds. The summed E-state index contributed by atoms with van der Waals surface area (Å²) >= 11 is 0. The molecular formula is C25H29F3N4O5. The number of amides is 1. The number of hydrogen-bond acceptors (Lipinski definition) is 6. The Morgan fingerprint density at radius 1 is 1.11 bits per heavy atom. The van der Waals surface area contributed by atoms with Gasteiger partial charge in [-0.05, 0) is 32.4 Å². The first-order chi connectivity index (χ1) is 17.2. The average Bonchev–Trinajstić information content (AvgIpc) is 3.15. The Bertz CT molecular complexity index is 1250. The Kier molecular flexibility index (Phi) is 8.13. The van der Waals surface area contributed by atoms with Gasteiger partial charge in [-0.15, -0.1) is 0 Å². The second-order valence-corrected chi connectivity index (χ2v) is 9.58. The number of halogens is 3. The Balaban J connectivity index is 1.90. The van der Waals surface area contributed by atoms with E-state index in [2.05, 4.69) is 10.6 Å². The van der Waals surface area contributed by atoms with Gasteiger partial charge in [0.2, 0.25) is 0 Å². The summed E-state index contributed by atoms with van der Waals surface area (Å²) < 4.78 is 49.4. The molecule has 0 spiro atoms. The van der Waals surface area contributed by atoms with Gasteiger partial charge in [-0.1, -0.05) is 30.3 Å². The SMILES string of the molecule is CC(C)(C)OC(=O)NCCNCC(O)(c1cn(Cc2ccccc2)c2cc([N+](=O)[O-])ccc12)C(F)(F)F. The van der Waals surface area contributed by atoms with Crippen LogP contribution in [-0.4, -0.2) is 52.1 Å². The molecule has 2 aromatic carbocycles. The highest BCUT2D eigenvalue weighted by molar-refractivity contribution is 5.87. The lowest BCUT2D eigenvalue weighted by Gasteiger charge is -2.31. The molecule has 1 aromatic heterocycles. The van der Waals surface area contributed by atoms with E-state index >= 15 is 0 Å². The molecule has 0 aliphatic heterocycles. The Morgan fingerprint density at radius 2 is 1.78 bits per heavy atom. The van der Waals surface area contributed by atoms with Crippen molar-refractivity contribution in [2.75, 3.05) is 19.6 Å². The van der Waals surface area contributed by atoms with Crippen LogP contribution < -0.4 is 10.6 Å². The first-order valence-electron chi connectivity index (χ1n) is 11.5. The number of benzene rings is 2. The highest BCUT2D eigenvalue weighted by atomic mass is 19.4. The number of alkyl carbamates (subject to hydrolysis) is 1. The number of nitro benzene ring substituents is 1. The van der Waals surface area contributed by atoms with Crippen LogP contribution >= 0.6 is 0 Å². The molecule has 0 saturated carbocycles. The summed E-state index contributed by atoms with van der Waals surface area (Å²) in [6.45, 7) is 4.15. The van der Waals surface area contributed by atoms with Crippen LogP contribution in [0.2, 0.25) is 0 Å². The quantitative estimate of drug-likeness (QED) is 0.217. The first-order valence-corrected chi connectivity index (χ1v) is 11.5. The summed E-state index contributed by atoms with van der Waals surface area (Å²) in [7, 11) is 0. The zero-order valence-corrected chi connectivity index (χ0v) is 20.6. The fraction of sp³-hybridized carbons (Fsp3) is 0.400. The van der Waals surface area contributed by atoms with Gasteiger partial charge < -0.3 is 25.0 Å². The molecule has 3 rings (SSSR count). The summed E-state index contributed by atoms with van der Waals surface area (Å²) in [6, 6.07) is 12.4. The Morgan fingerprint density at radius 3 is 2.38 bits per heavy atom. The molecule has 200 valence electrons. The maximum Gasteiger partial charge on any atom is 0.422 e. The number of fused-ring (bicyclic) bond motifs is 1. The van der Waals surface area contributed by atoms with Crippen molar-refractivity contribution in [2.45, 2.75) is 44.7 Å². The predicted molar refractivity (Wildman–Crippen MR) is 131 cm³/mol. The zero-order chi connectivity index (χ0) is 27.4. The van der Waals surface area contributed by atoms with Crippen molar-refractivity contribution in [3.63, 3.8) is 0 Å². The molecule has 1 atom stereocenters. The summed E-state index contributed by atoms with van der Waals surface area (Å²) in [6.07, 6.45) is -4.62. The fourth-order valence-electron chi connectivity index (χ4n) is 3.82. The van der Waals surface area contributed by atoms with Gasteiger partial charge in [-0.2, -0.15) is 13.2 Å². The molecule has 0 radical (unpaired) electrons. The van der Waals surface area contributed by atoms with Crippen LogP contribution in [0.5, 0.6) is 0 Å². The number of nitrogens with zero attached hydrogens (tertiary/aromatic N) is 2. The van der Waals surface area contributed by atoms with E-state index in [9.17, 15) is 33.2 Å².